The Balaban J connectivity index is 0.000000371. The highest BCUT2D eigenvalue weighted by Crippen LogP contribution is 2.08. The van der Waals surface area contributed by atoms with Crippen molar-refractivity contribution in [2.24, 2.45) is 5.73 Å². The van der Waals surface area contributed by atoms with Gasteiger partial charge in [-0.25, -0.2) is 4.98 Å². The summed E-state index contributed by atoms with van der Waals surface area (Å²) in [6, 6.07) is 0. The van der Waals surface area contributed by atoms with Crippen LogP contribution in [0, 0.1) is 10.7 Å². The molecule has 56 valence electrons. The smallest absolute Gasteiger partial charge is 0.269 e. The summed E-state index contributed by atoms with van der Waals surface area (Å²) in [6.07, 6.45) is 1.44. The molecule has 0 atom stereocenters. The van der Waals surface area contributed by atoms with E-state index >= 15 is 0 Å². The number of hydrogen-bond acceptors (Lipinski definition) is 4. The van der Waals surface area contributed by atoms with E-state index in [1.807, 2.05) is 0 Å². The van der Waals surface area contributed by atoms with E-state index in [1.165, 1.54) is 6.20 Å². The van der Waals surface area contributed by atoms with E-state index in [0.29, 0.717) is 6.54 Å². The average Bonchev–Trinajstić information content (AvgIpc) is 2.40. The summed E-state index contributed by atoms with van der Waals surface area (Å²) >= 11 is 0.985. The van der Waals surface area contributed by atoms with Crippen LogP contribution >= 0.6 is 11.3 Å². The topological polar surface area (TPSA) is 62.8 Å². The minimum atomic E-state index is -0.412. The zero-order valence-corrected chi connectivity index (χ0v) is 6.12. The van der Waals surface area contributed by atoms with Crippen molar-refractivity contribution in [2.45, 2.75) is 6.54 Å². The summed E-state index contributed by atoms with van der Waals surface area (Å²) in [5.74, 6) is 0. The van der Waals surface area contributed by atoms with Gasteiger partial charge in [0.05, 0.1) is 0 Å². The standard InChI is InChI=1S/C4H5FN2S.CH3N/c5-4-7-2-3(1-6)8-4;1-2/h2H,1,6H2;2H,1H2. The molecule has 10 heavy (non-hydrogen) atoms. The maximum absolute atomic E-state index is 12.0. The molecule has 0 bridgehead atoms. The Bertz CT molecular complexity index is 189. The van der Waals surface area contributed by atoms with Crippen LogP contribution in [-0.2, 0) is 6.54 Å². The fourth-order valence-electron chi connectivity index (χ4n) is 0.378. The van der Waals surface area contributed by atoms with Gasteiger partial charge in [-0.05, 0) is 6.72 Å². The highest BCUT2D eigenvalue weighted by molar-refractivity contribution is 7.09. The van der Waals surface area contributed by atoms with Crippen LogP contribution in [0.1, 0.15) is 4.88 Å². The largest absolute Gasteiger partial charge is 0.326 e. The maximum Gasteiger partial charge on any atom is 0.269 e. The Labute approximate surface area is 62.2 Å². The van der Waals surface area contributed by atoms with Gasteiger partial charge in [0.25, 0.3) is 5.26 Å². The molecule has 0 unspecified atom stereocenters. The summed E-state index contributed by atoms with van der Waals surface area (Å²) in [5, 5.41) is 5.09. The molecule has 1 heterocycles. The van der Waals surface area contributed by atoms with Crippen molar-refractivity contribution >= 4 is 18.1 Å². The van der Waals surface area contributed by atoms with Crippen LogP contribution < -0.4 is 5.73 Å². The van der Waals surface area contributed by atoms with Crippen molar-refractivity contribution in [1.29, 1.82) is 5.41 Å². The second kappa shape index (κ2) is 5.01. The Kier molecular flexibility index (Phi) is 4.61. The van der Waals surface area contributed by atoms with Crippen LogP contribution in [0.15, 0.2) is 6.20 Å². The molecule has 0 spiro atoms. The normalized spacial score (nSPS) is 8.20. The predicted octanol–water partition coefficient (Wildman–Crippen LogP) is 1.01. The first-order chi connectivity index (χ1) is 4.83. The van der Waals surface area contributed by atoms with Gasteiger partial charge in [-0.1, -0.05) is 11.3 Å². The van der Waals surface area contributed by atoms with Crippen LogP contribution in [0.2, 0.25) is 0 Å². The van der Waals surface area contributed by atoms with Gasteiger partial charge in [-0.2, -0.15) is 4.39 Å². The number of nitrogens with one attached hydrogen (secondary N) is 1. The summed E-state index contributed by atoms with van der Waals surface area (Å²) in [7, 11) is 0. The zero-order valence-electron chi connectivity index (χ0n) is 5.30. The van der Waals surface area contributed by atoms with Crippen molar-refractivity contribution < 1.29 is 4.39 Å². The summed E-state index contributed by atoms with van der Waals surface area (Å²) in [6.45, 7) is 2.88. The molecule has 0 saturated carbocycles. The van der Waals surface area contributed by atoms with Crippen molar-refractivity contribution in [3.05, 3.63) is 16.3 Å². The van der Waals surface area contributed by atoms with E-state index in [2.05, 4.69) is 11.7 Å². The molecular weight excluding hydrogens is 153 g/mol. The summed E-state index contributed by atoms with van der Waals surface area (Å²) < 4.78 is 12.0. The molecule has 0 fully saturated rings. The monoisotopic (exact) mass is 161 g/mol. The van der Waals surface area contributed by atoms with Crippen molar-refractivity contribution in [3.63, 3.8) is 0 Å². The number of nitrogens with zero attached hydrogens (tertiary/aromatic N) is 1. The van der Waals surface area contributed by atoms with Crippen LogP contribution in [0.3, 0.4) is 0 Å². The highest BCUT2D eigenvalue weighted by atomic mass is 32.1. The van der Waals surface area contributed by atoms with Gasteiger partial charge in [-0.15, -0.1) is 0 Å². The first-order valence-electron chi connectivity index (χ1n) is 2.48. The van der Waals surface area contributed by atoms with E-state index in [4.69, 9.17) is 11.1 Å². The van der Waals surface area contributed by atoms with E-state index in [9.17, 15) is 4.39 Å². The predicted molar refractivity (Wildman–Crippen MR) is 39.8 cm³/mol. The average molecular weight is 161 g/mol. The number of hydrogen-bond donors (Lipinski definition) is 2. The molecule has 0 aliphatic rings. The van der Waals surface area contributed by atoms with Gasteiger partial charge in [0, 0.05) is 17.6 Å². The minimum Gasteiger partial charge on any atom is -0.326 e. The summed E-state index contributed by atoms with van der Waals surface area (Å²) in [4.78, 5) is 4.14. The molecule has 1 aromatic rings. The lowest BCUT2D eigenvalue weighted by atomic mass is 10.6. The lowest BCUT2D eigenvalue weighted by molar-refractivity contribution is 0.617. The second-order valence-corrected chi connectivity index (χ2v) is 2.35. The Morgan fingerprint density at radius 2 is 2.40 bits per heavy atom. The highest BCUT2D eigenvalue weighted by Gasteiger charge is 1.95. The molecule has 1 rings (SSSR count). The van der Waals surface area contributed by atoms with Gasteiger partial charge < -0.3 is 11.1 Å². The molecule has 0 aromatic carbocycles. The Morgan fingerprint density at radius 3 is 2.60 bits per heavy atom. The number of aromatic nitrogens is 1. The Hall–Kier alpha value is -0.810. The second-order valence-electron chi connectivity index (χ2n) is 1.28. The molecule has 0 amide bonds. The van der Waals surface area contributed by atoms with Gasteiger partial charge in [0.15, 0.2) is 0 Å². The third-order valence-corrected chi connectivity index (χ3v) is 1.53. The van der Waals surface area contributed by atoms with Crippen molar-refractivity contribution in [2.75, 3.05) is 0 Å². The maximum atomic E-state index is 12.0. The van der Waals surface area contributed by atoms with E-state index in [1.54, 1.807) is 0 Å². The number of thiazole rings is 1. The van der Waals surface area contributed by atoms with E-state index in [0.717, 1.165) is 16.2 Å². The van der Waals surface area contributed by atoms with Gasteiger partial charge in [0.1, 0.15) is 0 Å². The number of halogens is 1. The molecule has 0 saturated heterocycles. The van der Waals surface area contributed by atoms with Gasteiger partial charge in [0.2, 0.25) is 0 Å². The summed E-state index contributed by atoms with van der Waals surface area (Å²) in [5.41, 5.74) is 5.17. The third kappa shape index (κ3) is 2.65. The quantitative estimate of drug-likeness (QED) is 0.604. The molecule has 3 N–H and O–H groups in total. The lowest BCUT2D eigenvalue weighted by Gasteiger charge is -1.77. The molecule has 3 nitrogen and oxygen atoms in total. The fourth-order valence-corrected chi connectivity index (χ4v) is 0.889. The molecular formula is C5H8FN3S. The molecule has 5 heteroatoms. The van der Waals surface area contributed by atoms with Crippen molar-refractivity contribution in [1.82, 2.24) is 4.98 Å². The van der Waals surface area contributed by atoms with Crippen LogP contribution in [0.25, 0.3) is 0 Å². The Morgan fingerprint density at radius 1 is 1.80 bits per heavy atom. The molecule has 0 aliphatic heterocycles. The van der Waals surface area contributed by atoms with Crippen LogP contribution in [-0.4, -0.2) is 11.7 Å². The zero-order chi connectivity index (χ0) is 7.98. The first-order valence-corrected chi connectivity index (χ1v) is 3.30. The molecule has 1 aromatic heterocycles. The van der Waals surface area contributed by atoms with E-state index in [-0.39, 0.29) is 0 Å². The van der Waals surface area contributed by atoms with E-state index < -0.39 is 5.26 Å². The number of nitrogens with two attached hydrogens (primary N) is 1. The molecule has 0 radical (unpaired) electrons. The minimum absolute atomic E-state index is 0.377. The first kappa shape index (κ1) is 9.19. The van der Waals surface area contributed by atoms with Crippen molar-refractivity contribution in [3.8, 4) is 0 Å². The van der Waals surface area contributed by atoms with Gasteiger partial charge in [-0.3, -0.25) is 0 Å². The van der Waals surface area contributed by atoms with Crippen LogP contribution in [0.4, 0.5) is 4.39 Å². The fraction of sp³-hybridized carbons (Fsp3) is 0.200. The third-order valence-electron chi connectivity index (χ3n) is 0.727. The SMILES string of the molecule is C=N.NCc1cnc(F)s1. The number of rotatable bonds is 1. The van der Waals surface area contributed by atoms with Crippen LogP contribution in [0.5, 0.6) is 0 Å². The molecule has 0 aliphatic carbocycles. The lowest BCUT2D eigenvalue weighted by Crippen LogP contribution is -1.91. The van der Waals surface area contributed by atoms with Gasteiger partial charge >= 0.3 is 0 Å².